The van der Waals surface area contributed by atoms with Crippen molar-refractivity contribution < 1.29 is 9.59 Å². The number of carbonyl (C=O) groups excluding carboxylic acids is 2. The molecule has 0 aliphatic heterocycles. The molecule has 3 aromatic carbocycles. The number of nitrogens with one attached hydrogen (secondary N) is 1. The molecular formula is C29H21N3O2S. The topological polar surface area (TPSA) is 72.0 Å². The van der Waals surface area contributed by atoms with E-state index in [9.17, 15) is 9.59 Å². The normalized spacial score (nSPS) is 12.7. The number of benzene rings is 3. The molecule has 0 atom stereocenters. The molecule has 5 nitrogen and oxygen atoms in total. The molecule has 0 radical (unpaired) electrons. The summed E-state index contributed by atoms with van der Waals surface area (Å²) in [4.78, 5) is 36.4. The van der Waals surface area contributed by atoms with E-state index in [0.29, 0.717) is 39.7 Å². The number of fused-ring (bicyclic) bond motifs is 3. The van der Waals surface area contributed by atoms with E-state index in [2.05, 4.69) is 58.8 Å². The molecule has 170 valence electrons. The zero-order chi connectivity index (χ0) is 24.1. The number of ketones is 2. The molecule has 2 aromatic heterocycles. The smallest absolute Gasteiger partial charge is 0.196 e. The number of rotatable bonds is 4. The van der Waals surface area contributed by atoms with Crippen LogP contribution in [0.5, 0.6) is 0 Å². The molecule has 0 spiro atoms. The van der Waals surface area contributed by atoms with Crippen molar-refractivity contribution in [3.8, 4) is 11.1 Å². The Morgan fingerprint density at radius 2 is 1.49 bits per heavy atom. The van der Waals surface area contributed by atoms with Crippen LogP contribution >= 0.6 is 11.3 Å². The lowest BCUT2D eigenvalue weighted by Crippen LogP contribution is -2.22. The predicted octanol–water partition coefficient (Wildman–Crippen LogP) is 7.00. The van der Waals surface area contributed by atoms with Crippen LogP contribution in [0.2, 0.25) is 0 Å². The monoisotopic (exact) mass is 475 g/mol. The van der Waals surface area contributed by atoms with E-state index < -0.39 is 0 Å². The molecular weight excluding hydrogens is 454 g/mol. The molecule has 2 heterocycles. The first-order chi connectivity index (χ1) is 17.0. The Morgan fingerprint density at radius 3 is 2.23 bits per heavy atom. The fraction of sp³-hybridized carbons (Fsp3) is 0.103. The zero-order valence-corrected chi connectivity index (χ0v) is 20.0. The second-order valence-electron chi connectivity index (χ2n) is 8.89. The maximum Gasteiger partial charge on any atom is 0.196 e. The summed E-state index contributed by atoms with van der Waals surface area (Å²) in [6.07, 6.45) is 1.52. The molecule has 1 aliphatic rings. The van der Waals surface area contributed by atoms with Gasteiger partial charge in [0.15, 0.2) is 11.6 Å². The lowest BCUT2D eigenvalue weighted by Gasteiger charge is -2.20. The van der Waals surface area contributed by atoms with Crippen LogP contribution in [-0.4, -0.2) is 21.5 Å². The molecule has 0 amide bonds. The van der Waals surface area contributed by atoms with Gasteiger partial charge in [-0.25, -0.2) is 9.97 Å². The molecule has 6 rings (SSSR count). The molecule has 0 bridgehead atoms. The maximum atomic E-state index is 13.4. The first-order valence-electron chi connectivity index (χ1n) is 11.4. The van der Waals surface area contributed by atoms with Gasteiger partial charge in [0.2, 0.25) is 0 Å². The van der Waals surface area contributed by atoms with E-state index >= 15 is 0 Å². The minimum absolute atomic E-state index is 0.145. The van der Waals surface area contributed by atoms with Gasteiger partial charge < -0.3 is 5.32 Å². The van der Waals surface area contributed by atoms with Crippen LogP contribution in [0.1, 0.15) is 57.2 Å². The summed E-state index contributed by atoms with van der Waals surface area (Å²) in [5.41, 5.74) is 5.59. The lowest BCUT2D eigenvalue weighted by atomic mass is 9.83. The SMILES string of the molecule is CC(C)c1ccc(-c2csc3ncnc(Nc4cccc5c4C(=O)c4ccccc4C5=O)c23)cc1. The van der Waals surface area contributed by atoms with Gasteiger partial charge in [-0.15, -0.1) is 11.3 Å². The number of hydrogen-bond donors (Lipinski definition) is 1. The van der Waals surface area contributed by atoms with Crippen molar-refractivity contribution in [1.29, 1.82) is 0 Å². The summed E-state index contributed by atoms with van der Waals surface area (Å²) in [5.74, 6) is 0.747. The van der Waals surface area contributed by atoms with Crippen molar-refractivity contribution in [2.24, 2.45) is 0 Å². The second-order valence-corrected chi connectivity index (χ2v) is 9.74. The van der Waals surface area contributed by atoms with Gasteiger partial charge in [-0.2, -0.15) is 0 Å². The third kappa shape index (κ3) is 3.45. The van der Waals surface area contributed by atoms with E-state index in [-0.39, 0.29) is 11.6 Å². The summed E-state index contributed by atoms with van der Waals surface area (Å²) >= 11 is 1.55. The van der Waals surface area contributed by atoms with E-state index in [1.54, 1.807) is 47.7 Å². The Balaban J connectivity index is 1.47. The largest absolute Gasteiger partial charge is 0.339 e. The van der Waals surface area contributed by atoms with Gasteiger partial charge in [0, 0.05) is 27.6 Å². The third-order valence-corrected chi connectivity index (χ3v) is 7.35. The number of anilines is 2. The minimum Gasteiger partial charge on any atom is -0.339 e. The van der Waals surface area contributed by atoms with Crippen molar-refractivity contribution in [2.75, 3.05) is 5.32 Å². The summed E-state index contributed by atoms with van der Waals surface area (Å²) < 4.78 is 0. The number of thiophene rings is 1. The van der Waals surface area contributed by atoms with Crippen molar-refractivity contribution >= 4 is 44.6 Å². The average molecular weight is 476 g/mol. The Labute approximate surface area is 206 Å². The fourth-order valence-corrected chi connectivity index (χ4v) is 5.52. The fourth-order valence-electron chi connectivity index (χ4n) is 4.61. The first kappa shape index (κ1) is 21.4. The third-order valence-electron chi connectivity index (χ3n) is 6.46. The summed E-state index contributed by atoms with van der Waals surface area (Å²) in [6.45, 7) is 4.35. The van der Waals surface area contributed by atoms with Crippen molar-refractivity contribution in [3.05, 3.63) is 106 Å². The number of hydrogen-bond acceptors (Lipinski definition) is 6. The standard InChI is InChI=1S/C29H21N3O2S/c1-16(2)17-10-12-18(13-11-17)22-14-35-29-25(22)28(30-15-31-29)32-23-9-5-8-21-24(23)27(34)20-7-4-3-6-19(20)26(21)33/h3-16H,1-2H3,(H,30,31,32). The van der Waals surface area contributed by atoms with Gasteiger partial charge in [0.05, 0.1) is 16.6 Å². The molecule has 35 heavy (non-hydrogen) atoms. The summed E-state index contributed by atoms with van der Waals surface area (Å²) in [6, 6.07) is 20.8. The highest BCUT2D eigenvalue weighted by atomic mass is 32.1. The minimum atomic E-state index is -0.168. The van der Waals surface area contributed by atoms with Crippen LogP contribution in [0, 0.1) is 0 Å². The van der Waals surface area contributed by atoms with Crippen LogP contribution in [0.25, 0.3) is 21.3 Å². The Hall–Kier alpha value is -4.16. The van der Waals surface area contributed by atoms with Crippen LogP contribution in [-0.2, 0) is 0 Å². The van der Waals surface area contributed by atoms with Crippen LogP contribution in [0.15, 0.2) is 78.4 Å². The van der Waals surface area contributed by atoms with Gasteiger partial charge in [-0.05, 0) is 23.1 Å². The van der Waals surface area contributed by atoms with Gasteiger partial charge >= 0.3 is 0 Å². The molecule has 1 aliphatic carbocycles. The lowest BCUT2D eigenvalue weighted by molar-refractivity contribution is 0.0979. The highest BCUT2D eigenvalue weighted by Crippen LogP contribution is 2.39. The highest BCUT2D eigenvalue weighted by molar-refractivity contribution is 7.17. The maximum absolute atomic E-state index is 13.4. The van der Waals surface area contributed by atoms with E-state index in [1.165, 1.54) is 11.9 Å². The van der Waals surface area contributed by atoms with Gasteiger partial charge in [-0.3, -0.25) is 9.59 Å². The van der Waals surface area contributed by atoms with Gasteiger partial charge in [0.1, 0.15) is 17.0 Å². The van der Waals surface area contributed by atoms with Gasteiger partial charge in [0.25, 0.3) is 0 Å². The summed E-state index contributed by atoms with van der Waals surface area (Å²) in [5, 5.41) is 6.34. The Morgan fingerprint density at radius 1 is 0.771 bits per heavy atom. The Kier molecular flexibility index (Phi) is 5.04. The van der Waals surface area contributed by atoms with Crippen LogP contribution in [0.4, 0.5) is 11.5 Å². The molecule has 5 aromatic rings. The van der Waals surface area contributed by atoms with E-state index in [0.717, 1.165) is 21.3 Å². The van der Waals surface area contributed by atoms with Gasteiger partial charge in [-0.1, -0.05) is 74.5 Å². The molecule has 0 saturated carbocycles. The molecule has 0 fully saturated rings. The first-order valence-corrected chi connectivity index (χ1v) is 12.3. The summed E-state index contributed by atoms with van der Waals surface area (Å²) in [7, 11) is 0. The van der Waals surface area contributed by atoms with Crippen molar-refractivity contribution in [2.45, 2.75) is 19.8 Å². The average Bonchev–Trinajstić information content (AvgIpc) is 3.32. The molecule has 0 saturated heterocycles. The van der Waals surface area contributed by atoms with E-state index in [4.69, 9.17) is 0 Å². The Bertz CT molecular complexity index is 1630. The number of nitrogens with zero attached hydrogens (tertiary/aromatic N) is 2. The van der Waals surface area contributed by atoms with Crippen molar-refractivity contribution in [1.82, 2.24) is 9.97 Å². The van der Waals surface area contributed by atoms with Crippen molar-refractivity contribution in [3.63, 3.8) is 0 Å². The van der Waals surface area contributed by atoms with E-state index in [1.807, 2.05) is 6.07 Å². The number of carbonyl (C=O) groups is 2. The zero-order valence-electron chi connectivity index (χ0n) is 19.2. The molecule has 6 heteroatoms. The van der Waals surface area contributed by atoms with Crippen LogP contribution in [0.3, 0.4) is 0 Å². The predicted molar refractivity (Wildman–Crippen MR) is 140 cm³/mol. The molecule has 1 N–H and O–H groups in total. The quantitative estimate of drug-likeness (QED) is 0.297. The van der Waals surface area contributed by atoms with Crippen LogP contribution < -0.4 is 5.32 Å². The number of aromatic nitrogens is 2. The highest BCUT2D eigenvalue weighted by Gasteiger charge is 2.31. The molecule has 0 unspecified atom stereocenters. The second kappa shape index (κ2) is 8.25.